The molecule has 2 N–H and O–H groups in total. The summed E-state index contributed by atoms with van der Waals surface area (Å²) in [6.45, 7) is 0.587. The standard InChI is InChI=1S/C10H12F3N3OS/c11-10(12,13)7-5-18-9(16-7)15-4-8(17)14-3-6-1-2-6/h5-6H,1-4H2,(H,14,17)(H,15,16). The molecule has 8 heteroatoms. The van der Waals surface area contributed by atoms with Gasteiger partial charge in [0.1, 0.15) is 0 Å². The van der Waals surface area contributed by atoms with E-state index in [1.807, 2.05) is 0 Å². The topological polar surface area (TPSA) is 54.0 Å². The van der Waals surface area contributed by atoms with E-state index in [1.165, 1.54) is 0 Å². The van der Waals surface area contributed by atoms with Gasteiger partial charge in [-0.25, -0.2) is 4.98 Å². The van der Waals surface area contributed by atoms with E-state index in [1.54, 1.807) is 0 Å². The summed E-state index contributed by atoms with van der Waals surface area (Å²) in [7, 11) is 0. The van der Waals surface area contributed by atoms with Gasteiger partial charge in [0, 0.05) is 11.9 Å². The zero-order valence-corrected chi connectivity index (χ0v) is 10.2. The lowest BCUT2D eigenvalue weighted by atomic mass is 10.4. The predicted molar refractivity (Wildman–Crippen MR) is 61.3 cm³/mol. The second-order valence-corrected chi connectivity index (χ2v) is 4.99. The van der Waals surface area contributed by atoms with Crippen LogP contribution in [0.15, 0.2) is 5.38 Å². The second-order valence-electron chi connectivity index (χ2n) is 4.14. The molecule has 0 spiro atoms. The number of hydrogen-bond acceptors (Lipinski definition) is 4. The molecular weight excluding hydrogens is 267 g/mol. The summed E-state index contributed by atoms with van der Waals surface area (Å²) in [5.74, 6) is 0.344. The van der Waals surface area contributed by atoms with Crippen molar-refractivity contribution in [2.45, 2.75) is 19.0 Å². The molecule has 1 saturated carbocycles. The Kier molecular flexibility index (Phi) is 3.74. The molecule has 1 aliphatic carbocycles. The smallest absolute Gasteiger partial charge is 0.354 e. The van der Waals surface area contributed by atoms with Crippen molar-refractivity contribution in [3.63, 3.8) is 0 Å². The summed E-state index contributed by atoms with van der Waals surface area (Å²) in [6.07, 6.45) is -2.17. The highest BCUT2D eigenvalue weighted by atomic mass is 32.1. The summed E-state index contributed by atoms with van der Waals surface area (Å²) in [5, 5.41) is 6.30. The average molecular weight is 279 g/mol. The van der Waals surface area contributed by atoms with E-state index in [0.29, 0.717) is 12.5 Å². The Morgan fingerprint density at radius 1 is 1.50 bits per heavy atom. The van der Waals surface area contributed by atoms with E-state index in [0.717, 1.165) is 29.6 Å². The van der Waals surface area contributed by atoms with Gasteiger partial charge in [-0.2, -0.15) is 13.2 Å². The maximum absolute atomic E-state index is 12.3. The molecule has 0 bridgehead atoms. The molecule has 0 aliphatic heterocycles. The van der Waals surface area contributed by atoms with E-state index in [2.05, 4.69) is 15.6 Å². The Morgan fingerprint density at radius 3 is 2.78 bits per heavy atom. The number of nitrogens with zero attached hydrogens (tertiary/aromatic N) is 1. The van der Waals surface area contributed by atoms with Crippen molar-refractivity contribution in [1.82, 2.24) is 10.3 Å². The molecule has 1 fully saturated rings. The van der Waals surface area contributed by atoms with Crippen LogP contribution in [-0.2, 0) is 11.0 Å². The van der Waals surface area contributed by atoms with Gasteiger partial charge in [0.15, 0.2) is 10.8 Å². The minimum atomic E-state index is -4.44. The molecule has 1 heterocycles. The van der Waals surface area contributed by atoms with Gasteiger partial charge in [-0.05, 0) is 18.8 Å². The number of hydrogen-bond donors (Lipinski definition) is 2. The fourth-order valence-corrected chi connectivity index (χ4v) is 2.00. The van der Waals surface area contributed by atoms with Gasteiger partial charge in [0.05, 0.1) is 6.54 Å². The van der Waals surface area contributed by atoms with Crippen LogP contribution >= 0.6 is 11.3 Å². The van der Waals surface area contributed by atoms with E-state index in [4.69, 9.17) is 0 Å². The molecule has 1 aromatic heterocycles. The van der Waals surface area contributed by atoms with E-state index in [9.17, 15) is 18.0 Å². The highest BCUT2D eigenvalue weighted by molar-refractivity contribution is 7.13. The normalized spacial score (nSPS) is 15.5. The van der Waals surface area contributed by atoms with E-state index < -0.39 is 11.9 Å². The maximum atomic E-state index is 12.3. The number of aromatic nitrogens is 1. The third-order valence-electron chi connectivity index (χ3n) is 2.48. The monoisotopic (exact) mass is 279 g/mol. The van der Waals surface area contributed by atoms with Crippen LogP contribution in [0.4, 0.5) is 18.3 Å². The molecule has 0 radical (unpaired) electrons. The second kappa shape index (κ2) is 5.13. The van der Waals surface area contributed by atoms with Crippen LogP contribution in [0.25, 0.3) is 0 Å². The first-order valence-corrected chi connectivity index (χ1v) is 6.36. The highest BCUT2D eigenvalue weighted by Crippen LogP contribution is 2.31. The molecule has 4 nitrogen and oxygen atoms in total. The van der Waals surface area contributed by atoms with E-state index in [-0.39, 0.29) is 17.6 Å². The Labute approximate surface area is 106 Å². The maximum Gasteiger partial charge on any atom is 0.434 e. The van der Waals surface area contributed by atoms with Gasteiger partial charge in [0.25, 0.3) is 0 Å². The molecular formula is C10H12F3N3OS. The fourth-order valence-electron chi connectivity index (χ4n) is 1.28. The summed E-state index contributed by atoms with van der Waals surface area (Å²) in [4.78, 5) is 14.7. The van der Waals surface area contributed by atoms with Crippen LogP contribution in [0, 0.1) is 5.92 Å². The van der Waals surface area contributed by atoms with Crippen molar-refractivity contribution < 1.29 is 18.0 Å². The minimum absolute atomic E-state index is 0.0580. The number of carbonyl (C=O) groups excluding carboxylic acids is 1. The Morgan fingerprint density at radius 2 is 2.22 bits per heavy atom. The first kappa shape index (κ1) is 13.1. The Hall–Kier alpha value is -1.31. The lowest BCUT2D eigenvalue weighted by Crippen LogP contribution is -2.31. The summed E-state index contributed by atoms with van der Waals surface area (Å²) >= 11 is 0.833. The largest absolute Gasteiger partial charge is 0.434 e. The quantitative estimate of drug-likeness (QED) is 0.868. The highest BCUT2D eigenvalue weighted by Gasteiger charge is 2.33. The Balaban J connectivity index is 1.75. The average Bonchev–Trinajstić information content (AvgIpc) is 2.98. The number of rotatable bonds is 5. The number of amides is 1. The first-order chi connectivity index (χ1) is 8.45. The molecule has 18 heavy (non-hydrogen) atoms. The SMILES string of the molecule is O=C(CNc1nc(C(F)(F)F)cs1)NCC1CC1. The summed E-state index contributed by atoms with van der Waals surface area (Å²) in [5.41, 5.74) is -0.937. The first-order valence-electron chi connectivity index (χ1n) is 5.48. The van der Waals surface area contributed by atoms with Gasteiger partial charge >= 0.3 is 6.18 Å². The zero-order chi connectivity index (χ0) is 13.2. The van der Waals surface area contributed by atoms with Crippen molar-refractivity contribution in [2.24, 2.45) is 5.92 Å². The van der Waals surface area contributed by atoms with Crippen molar-refractivity contribution in [1.29, 1.82) is 0 Å². The van der Waals surface area contributed by atoms with Crippen LogP contribution in [0.2, 0.25) is 0 Å². The number of carbonyl (C=O) groups is 1. The number of nitrogens with one attached hydrogen (secondary N) is 2. The van der Waals surface area contributed by atoms with Crippen molar-refractivity contribution in [3.8, 4) is 0 Å². The molecule has 1 aromatic rings. The van der Waals surface area contributed by atoms with Crippen molar-refractivity contribution in [3.05, 3.63) is 11.1 Å². The molecule has 1 aliphatic rings. The van der Waals surface area contributed by atoms with E-state index >= 15 is 0 Å². The molecule has 0 unspecified atom stereocenters. The van der Waals surface area contributed by atoms with Gasteiger partial charge in [0.2, 0.25) is 5.91 Å². The van der Waals surface area contributed by atoms with Gasteiger partial charge in [-0.15, -0.1) is 11.3 Å². The van der Waals surface area contributed by atoms with Crippen LogP contribution in [0.3, 0.4) is 0 Å². The summed E-state index contributed by atoms with van der Waals surface area (Å²) < 4.78 is 36.8. The molecule has 2 rings (SSSR count). The fraction of sp³-hybridized carbons (Fsp3) is 0.600. The molecule has 1 amide bonds. The lowest BCUT2D eigenvalue weighted by molar-refractivity contribution is -0.140. The number of halogens is 3. The third-order valence-corrected chi connectivity index (χ3v) is 3.28. The molecule has 100 valence electrons. The number of alkyl halides is 3. The van der Waals surface area contributed by atoms with Gasteiger partial charge in [-0.1, -0.05) is 0 Å². The van der Waals surface area contributed by atoms with Crippen molar-refractivity contribution >= 4 is 22.4 Å². The van der Waals surface area contributed by atoms with Crippen LogP contribution in [0.5, 0.6) is 0 Å². The number of thiazole rings is 1. The molecule has 0 saturated heterocycles. The molecule has 0 aromatic carbocycles. The molecule has 0 atom stereocenters. The van der Waals surface area contributed by atoms with Crippen molar-refractivity contribution in [2.75, 3.05) is 18.4 Å². The van der Waals surface area contributed by atoms with Crippen LogP contribution in [-0.4, -0.2) is 24.0 Å². The van der Waals surface area contributed by atoms with Crippen LogP contribution < -0.4 is 10.6 Å². The number of anilines is 1. The Bertz CT molecular complexity index is 428. The zero-order valence-electron chi connectivity index (χ0n) is 9.38. The third kappa shape index (κ3) is 3.86. The van der Waals surface area contributed by atoms with Gasteiger partial charge < -0.3 is 10.6 Å². The predicted octanol–water partition coefficient (Wildman–Crippen LogP) is 2.10. The summed E-state index contributed by atoms with van der Waals surface area (Å²) in [6, 6.07) is 0. The lowest BCUT2D eigenvalue weighted by Gasteiger charge is -2.04. The van der Waals surface area contributed by atoms with Crippen LogP contribution in [0.1, 0.15) is 18.5 Å². The van der Waals surface area contributed by atoms with Gasteiger partial charge in [-0.3, -0.25) is 4.79 Å². The minimum Gasteiger partial charge on any atom is -0.354 e.